The number of hydrogen-bond acceptors (Lipinski definition) is 2. The van der Waals surface area contributed by atoms with Crippen molar-refractivity contribution >= 4 is 0 Å². The van der Waals surface area contributed by atoms with Crippen LogP contribution in [-0.2, 0) is 6.42 Å². The van der Waals surface area contributed by atoms with Crippen molar-refractivity contribution in [2.75, 3.05) is 0 Å². The minimum Gasteiger partial charge on any atom is -0.385 e. The molecule has 2 nitrogen and oxygen atoms in total. The van der Waals surface area contributed by atoms with Crippen molar-refractivity contribution in [3.63, 3.8) is 0 Å². The fourth-order valence-electron chi connectivity index (χ4n) is 2.00. The van der Waals surface area contributed by atoms with Crippen LogP contribution in [0.3, 0.4) is 0 Å². The van der Waals surface area contributed by atoms with E-state index in [9.17, 15) is 5.11 Å². The predicted octanol–water partition coefficient (Wildman–Crippen LogP) is 2.34. The minimum absolute atomic E-state index is 0.596. The summed E-state index contributed by atoms with van der Waals surface area (Å²) in [7, 11) is 0. The van der Waals surface area contributed by atoms with Gasteiger partial charge in [-0.25, -0.2) is 0 Å². The van der Waals surface area contributed by atoms with Crippen molar-refractivity contribution in [3.05, 3.63) is 42.2 Å². The van der Waals surface area contributed by atoms with Crippen LogP contribution in [0.4, 0.5) is 0 Å². The van der Waals surface area contributed by atoms with Gasteiger partial charge in [0.05, 0.1) is 5.60 Å². The molecule has 0 bridgehead atoms. The molecule has 2 unspecified atom stereocenters. The highest BCUT2D eigenvalue weighted by molar-refractivity contribution is 5.17. The summed E-state index contributed by atoms with van der Waals surface area (Å²) in [5.41, 5.74) is 0.439. The van der Waals surface area contributed by atoms with Crippen molar-refractivity contribution in [1.82, 2.24) is 4.98 Å². The van der Waals surface area contributed by atoms with Gasteiger partial charge >= 0.3 is 0 Å². The van der Waals surface area contributed by atoms with Crippen molar-refractivity contribution in [1.29, 1.82) is 0 Å². The molecule has 0 fully saturated rings. The second-order valence-corrected chi connectivity index (χ2v) is 4.52. The Bertz CT molecular complexity index is 347. The van der Waals surface area contributed by atoms with Gasteiger partial charge in [-0.1, -0.05) is 25.1 Å². The Morgan fingerprint density at radius 3 is 3.07 bits per heavy atom. The van der Waals surface area contributed by atoms with Crippen LogP contribution in [0.15, 0.2) is 36.7 Å². The molecule has 0 radical (unpaired) electrons. The van der Waals surface area contributed by atoms with Gasteiger partial charge in [-0.2, -0.15) is 0 Å². The van der Waals surface area contributed by atoms with E-state index in [0.29, 0.717) is 12.3 Å². The number of aromatic nitrogens is 1. The summed E-state index contributed by atoms with van der Waals surface area (Å²) in [5.74, 6) is 0.596. The molecule has 2 atom stereocenters. The SMILES string of the molecule is CC1C=CC(O)(Cc2cccnc2)CC1. The van der Waals surface area contributed by atoms with Crippen LogP contribution in [-0.4, -0.2) is 15.7 Å². The molecule has 0 spiro atoms. The molecule has 1 aromatic heterocycles. The van der Waals surface area contributed by atoms with Gasteiger partial charge < -0.3 is 5.11 Å². The summed E-state index contributed by atoms with van der Waals surface area (Å²) in [6.07, 6.45) is 10.2. The van der Waals surface area contributed by atoms with Crippen molar-refractivity contribution < 1.29 is 5.11 Å². The summed E-state index contributed by atoms with van der Waals surface area (Å²) in [6, 6.07) is 3.92. The lowest BCUT2D eigenvalue weighted by atomic mass is 9.82. The van der Waals surface area contributed by atoms with Crippen LogP contribution >= 0.6 is 0 Å². The molecule has 0 amide bonds. The number of aliphatic hydroxyl groups is 1. The quantitative estimate of drug-likeness (QED) is 0.748. The van der Waals surface area contributed by atoms with Crippen molar-refractivity contribution in [2.24, 2.45) is 5.92 Å². The molecule has 80 valence electrons. The van der Waals surface area contributed by atoms with E-state index >= 15 is 0 Å². The Morgan fingerprint density at radius 1 is 1.60 bits per heavy atom. The average Bonchev–Trinajstić information content (AvgIpc) is 2.24. The van der Waals surface area contributed by atoms with Crippen LogP contribution in [0, 0.1) is 5.92 Å². The maximum absolute atomic E-state index is 10.3. The standard InChI is InChI=1S/C13H17NO/c1-11-4-6-13(15,7-5-11)9-12-3-2-8-14-10-12/h2-4,6,8,10-11,15H,5,7,9H2,1H3. The maximum atomic E-state index is 10.3. The van der Waals surface area contributed by atoms with Gasteiger partial charge in [0.15, 0.2) is 0 Å². The molecule has 1 heterocycles. The van der Waals surface area contributed by atoms with E-state index in [2.05, 4.69) is 18.0 Å². The van der Waals surface area contributed by atoms with Gasteiger partial charge in [-0.15, -0.1) is 0 Å². The zero-order valence-electron chi connectivity index (χ0n) is 9.06. The van der Waals surface area contributed by atoms with E-state index in [1.54, 1.807) is 6.20 Å². The number of allylic oxidation sites excluding steroid dienone is 1. The highest BCUT2D eigenvalue weighted by Gasteiger charge is 2.27. The van der Waals surface area contributed by atoms with Gasteiger partial charge in [0.25, 0.3) is 0 Å². The summed E-state index contributed by atoms with van der Waals surface area (Å²) in [4.78, 5) is 4.06. The summed E-state index contributed by atoms with van der Waals surface area (Å²) < 4.78 is 0. The van der Waals surface area contributed by atoms with Crippen LogP contribution in [0.2, 0.25) is 0 Å². The number of pyridine rings is 1. The molecular weight excluding hydrogens is 186 g/mol. The zero-order valence-corrected chi connectivity index (χ0v) is 9.06. The lowest BCUT2D eigenvalue weighted by Crippen LogP contribution is -2.32. The largest absolute Gasteiger partial charge is 0.385 e. The molecule has 1 aliphatic carbocycles. The Labute approximate surface area is 90.7 Å². The fraction of sp³-hybridized carbons (Fsp3) is 0.462. The van der Waals surface area contributed by atoms with Gasteiger partial charge in [0, 0.05) is 18.8 Å². The third-order valence-corrected chi connectivity index (χ3v) is 3.00. The van der Waals surface area contributed by atoms with Crippen LogP contribution in [0.1, 0.15) is 25.3 Å². The Balaban J connectivity index is 2.09. The molecule has 0 saturated carbocycles. The average molecular weight is 203 g/mol. The third-order valence-electron chi connectivity index (χ3n) is 3.00. The third kappa shape index (κ3) is 2.66. The van der Waals surface area contributed by atoms with E-state index < -0.39 is 5.60 Å². The van der Waals surface area contributed by atoms with Crippen LogP contribution < -0.4 is 0 Å². The first kappa shape index (κ1) is 10.4. The summed E-state index contributed by atoms with van der Waals surface area (Å²) in [5, 5.41) is 10.3. The van der Waals surface area contributed by atoms with Crippen LogP contribution in [0.5, 0.6) is 0 Å². The lowest BCUT2D eigenvalue weighted by molar-refractivity contribution is 0.0699. The smallest absolute Gasteiger partial charge is 0.0868 e. The molecule has 0 aliphatic heterocycles. The molecule has 2 rings (SSSR count). The molecule has 1 aromatic rings. The summed E-state index contributed by atoms with van der Waals surface area (Å²) in [6.45, 7) is 2.18. The first-order chi connectivity index (χ1) is 7.18. The first-order valence-electron chi connectivity index (χ1n) is 5.49. The Morgan fingerprint density at radius 2 is 2.47 bits per heavy atom. The fourth-order valence-corrected chi connectivity index (χ4v) is 2.00. The second-order valence-electron chi connectivity index (χ2n) is 4.52. The number of hydrogen-bond donors (Lipinski definition) is 1. The van der Waals surface area contributed by atoms with E-state index in [4.69, 9.17) is 0 Å². The minimum atomic E-state index is -0.657. The molecular formula is C13H17NO. The molecule has 1 aliphatic rings. The first-order valence-corrected chi connectivity index (χ1v) is 5.49. The van der Waals surface area contributed by atoms with Gasteiger partial charge in [0.1, 0.15) is 0 Å². The van der Waals surface area contributed by atoms with E-state index in [-0.39, 0.29) is 0 Å². The topological polar surface area (TPSA) is 33.1 Å². The monoisotopic (exact) mass is 203 g/mol. The van der Waals surface area contributed by atoms with E-state index in [1.165, 1.54) is 0 Å². The number of nitrogens with zero attached hydrogens (tertiary/aromatic N) is 1. The molecule has 0 saturated heterocycles. The lowest BCUT2D eigenvalue weighted by Gasteiger charge is -2.29. The Kier molecular flexibility index (Phi) is 2.87. The Hall–Kier alpha value is -1.15. The molecule has 0 aromatic carbocycles. The highest BCUT2D eigenvalue weighted by Crippen LogP contribution is 2.28. The van der Waals surface area contributed by atoms with E-state index in [0.717, 1.165) is 18.4 Å². The maximum Gasteiger partial charge on any atom is 0.0868 e. The zero-order chi connectivity index (χ0) is 10.7. The predicted molar refractivity (Wildman–Crippen MR) is 60.4 cm³/mol. The molecule has 15 heavy (non-hydrogen) atoms. The van der Waals surface area contributed by atoms with Gasteiger partial charge in [-0.05, 0) is 30.4 Å². The van der Waals surface area contributed by atoms with Crippen molar-refractivity contribution in [2.45, 2.75) is 31.8 Å². The van der Waals surface area contributed by atoms with E-state index in [1.807, 2.05) is 24.4 Å². The van der Waals surface area contributed by atoms with Gasteiger partial charge in [0.2, 0.25) is 0 Å². The normalized spacial score (nSPS) is 30.4. The van der Waals surface area contributed by atoms with Crippen LogP contribution in [0.25, 0.3) is 0 Å². The van der Waals surface area contributed by atoms with Gasteiger partial charge in [-0.3, -0.25) is 4.98 Å². The second kappa shape index (κ2) is 4.15. The number of rotatable bonds is 2. The van der Waals surface area contributed by atoms with Crippen molar-refractivity contribution in [3.8, 4) is 0 Å². The molecule has 1 N–H and O–H groups in total. The summed E-state index contributed by atoms with van der Waals surface area (Å²) >= 11 is 0. The highest BCUT2D eigenvalue weighted by atomic mass is 16.3. The molecule has 2 heteroatoms.